The van der Waals surface area contributed by atoms with Gasteiger partial charge >= 0.3 is 0 Å². The molecule has 0 amide bonds. The molecule has 3 aromatic rings. The fraction of sp³-hybridized carbons (Fsp3) is 0.368. The normalized spacial score (nSPS) is 14.8. The molecule has 1 aliphatic heterocycles. The largest absolute Gasteiger partial charge is 0.493 e. The van der Waals surface area contributed by atoms with Crippen LogP contribution in [-0.4, -0.2) is 65.0 Å². The quantitative estimate of drug-likeness (QED) is 0.565. The molecule has 29 heavy (non-hydrogen) atoms. The number of piperazine rings is 1. The van der Waals surface area contributed by atoms with Gasteiger partial charge in [0, 0.05) is 44.1 Å². The molecule has 0 radical (unpaired) electrons. The van der Waals surface area contributed by atoms with Gasteiger partial charge in [-0.1, -0.05) is 0 Å². The van der Waals surface area contributed by atoms with Crippen LogP contribution in [0.5, 0.6) is 11.5 Å². The molecule has 4 rings (SSSR count). The molecule has 0 atom stereocenters. The van der Waals surface area contributed by atoms with Gasteiger partial charge in [-0.3, -0.25) is 4.90 Å². The first-order valence-corrected chi connectivity index (χ1v) is 9.63. The summed E-state index contributed by atoms with van der Waals surface area (Å²) in [4.78, 5) is 13.4. The molecule has 1 fully saturated rings. The summed E-state index contributed by atoms with van der Waals surface area (Å²) in [7, 11) is 3.19. The van der Waals surface area contributed by atoms with Gasteiger partial charge in [0.05, 0.1) is 20.9 Å². The Kier molecular flexibility index (Phi) is 5.72. The number of hydrogen-bond acceptors (Lipinski definition) is 9. The lowest BCUT2D eigenvalue weighted by Gasteiger charge is -2.34. The molecule has 1 aliphatic rings. The molecule has 1 aromatic carbocycles. The second kappa shape index (κ2) is 8.58. The highest BCUT2D eigenvalue weighted by Crippen LogP contribution is 2.31. The molecule has 0 aliphatic carbocycles. The van der Waals surface area contributed by atoms with E-state index in [4.69, 9.17) is 26.1 Å². The van der Waals surface area contributed by atoms with Gasteiger partial charge in [-0.2, -0.15) is 0 Å². The molecule has 152 valence electrons. The summed E-state index contributed by atoms with van der Waals surface area (Å²) in [6.45, 7) is 3.98. The highest BCUT2D eigenvalue weighted by Gasteiger charge is 2.20. The van der Waals surface area contributed by atoms with Crippen LogP contribution in [0.15, 0.2) is 41.1 Å². The minimum absolute atomic E-state index is 0.337. The molecule has 0 spiro atoms. The van der Waals surface area contributed by atoms with E-state index in [-0.39, 0.29) is 0 Å². The summed E-state index contributed by atoms with van der Waals surface area (Å²) in [6.07, 6.45) is 3.53. The van der Waals surface area contributed by atoms with E-state index in [0.717, 1.165) is 37.7 Å². The van der Waals surface area contributed by atoms with Crippen molar-refractivity contribution >= 4 is 18.2 Å². The number of ether oxygens (including phenoxy) is 2. The van der Waals surface area contributed by atoms with Gasteiger partial charge in [0.25, 0.3) is 4.84 Å². The number of anilines is 1. The van der Waals surface area contributed by atoms with Gasteiger partial charge in [-0.15, -0.1) is 5.10 Å². The summed E-state index contributed by atoms with van der Waals surface area (Å²) in [6, 6.07) is 7.33. The van der Waals surface area contributed by atoms with Crippen LogP contribution in [0, 0.1) is 4.84 Å². The number of rotatable bonds is 6. The average Bonchev–Trinajstić information content (AvgIpc) is 3.14. The zero-order chi connectivity index (χ0) is 20.2. The van der Waals surface area contributed by atoms with E-state index < -0.39 is 0 Å². The Hall–Kier alpha value is -2.98. The minimum Gasteiger partial charge on any atom is -0.493 e. The molecule has 2 aromatic heterocycles. The lowest BCUT2D eigenvalue weighted by molar-refractivity contribution is 0.191. The zero-order valence-electron chi connectivity index (χ0n) is 16.3. The first kappa shape index (κ1) is 19.3. The van der Waals surface area contributed by atoms with Crippen LogP contribution in [0.3, 0.4) is 0 Å². The van der Waals surface area contributed by atoms with Crippen molar-refractivity contribution in [3.63, 3.8) is 0 Å². The number of benzene rings is 1. The Morgan fingerprint density at radius 1 is 1.03 bits per heavy atom. The Morgan fingerprint density at radius 3 is 2.45 bits per heavy atom. The van der Waals surface area contributed by atoms with Gasteiger partial charge in [0.15, 0.2) is 11.5 Å². The van der Waals surface area contributed by atoms with E-state index in [1.54, 1.807) is 31.3 Å². The molecule has 1 saturated heterocycles. The van der Waals surface area contributed by atoms with Crippen molar-refractivity contribution in [3.8, 4) is 23.0 Å². The van der Waals surface area contributed by atoms with Crippen molar-refractivity contribution in [1.29, 1.82) is 0 Å². The second-order valence-electron chi connectivity index (χ2n) is 6.54. The van der Waals surface area contributed by atoms with Crippen LogP contribution in [0.4, 0.5) is 5.95 Å². The van der Waals surface area contributed by atoms with Gasteiger partial charge in [-0.25, -0.2) is 14.6 Å². The van der Waals surface area contributed by atoms with E-state index in [1.165, 1.54) is 0 Å². The monoisotopic (exact) mass is 414 g/mol. The van der Waals surface area contributed by atoms with Gasteiger partial charge in [0.1, 0.15) is 0 Å². The van der Waals surface area contributed by atoms with Crippen molar-refractivity contribution in [2.45, 2.75) is 6.67 Å². The predicted molar refractivity (Wildman–Crippen MR) is 110 cm³/mol. The summed E-state index contributed by atoms with van der Waals surface area (Å²) >= 11 is 5.37. The molecule has 0 saturated carbocycles. The molecule has 3 heterocycles. The highest BCUT2D eigenvalue weighted by atomic mass is 32.1. The molecular formula is C19H22N6O3S. The number of aromatic nitrogens is 4. The van der Waals surface area contributed by atoms with E-state index >= 15 is 0 Å². The molecular weight excluding hydrogens is 392 g/mol. The minimum atomic E-state index is 0.337. The fourth-order valence-electron chi connectivity index (χ4n) is 3.21. The van der Waals surface area contributed by atoms with Crippen molar-refractivity contribution in [3.05, 3.63) is 41.5 Å². The van der Waals surface area contributed by atoms with Crippen molar-refractivity contribution in [2.24, 2.45) is 0 Å². The molecule has 0 unspecified atom stereocenters. The maximum atomic E-state index is 5.72. The van der Waals surface area contributed by atoms with E-state index in [1.807, 2.05) is 24.3 Å². The zero-order valence-corrected chi connectivity index (χ0v) is 17.1. The molecule has 9 nitrogen and oxygen atoms in total. The summed E-state index contributed by atoms with van der Waals surface area (Å²) in [5, 5.41) is 4.55. The van der Waals surface area contributed by atoms with Crippen LogP contribution in [0.25, 0.3) is 11.5 Å². The number of hydrogen-bond donors (Lipinski definition) is 0. The summed E-state index contributed by atoms with van der Waals surface area (Å²) in [5.74, 6) is 2.47. The summed E-state index contributed by atoms with van der Waals surface area (Å²) in [5.41, 5.74) is 0.776. The Bertz CT molecular complexity index is 1010. The van der Waals surface area contributed by atoms with Crippen LogP contribution >= 0.6 is 12.2 Å². The van der Waals surface area contributed by atoms with E-state index in [2.05, 4.69) is 24.9 Å². The fourth-order valence-corrected chi connectivity index (χ4v) is 3.39. The van der Waals surface area contributed by atoms with Gasteiger partial charge < -0.3 is 18.8 Å². The maximum absolute atomic E-state index is 5.72. The lowest BCUT2D eigenvalue weighted by atomic mass is 10.2. The Balaban J connectivity index is 1.44. The molecule has 0 N–H and O–H groups in total. The van der Waals surface area contributed by atoms with Gasteiger partial charge in [0.2, 0.25) is 11.8 Å². The topological polar surface area (TPSA) is 81.7 Å². The standard InChI is InChI=1S/C19H22N6O3S/c1-26-15-5-4-14(12-16(15)27-2)17-22-25(19(29)28-17)13-23-8-10-24(11-9-23)18-20-6-3-7-21-18/h3-7,12H,8-11,13H2,1-2H3. The van der Waals surface area contributed by atoms with Crippen LogP contribution in [0.1, 0.15) is 0 Å². The first-order chi connectivity index (χ1) is 14.2. The predicted octanol–water partition coefficient (Wildman–Crippen LogP) is 2.46. The first-order valence-electron chi connectivity index (χ1n) is 9.22. The second-order valence-corrected chi connectivity index (χ2v) is 6.89. The lowest BCUT2D eigenvalue weighted by Crippen LogP contribution is -2.47. The third-order valence-electron chi connectivity index (χ3n) is 4.78. The highest BCUT2D eigenvalue weighted by molar-refractivity contribution is 7.71. The third-order valence-corrected chi connectivity index (χ3v) is 5.07. The SMILES string of the molecule is COc1ccc(-c2nn(CN3CCN(c4ncccn4)CC3)c(=S)o2)cc1OC. The Labute approximate surface area is 173 Å². The van der Waals surface area contributed by atoms with E-state index in [9.17, 15) is 0 Å². The van der Waals surface area contributed by atoms with Crippen LogP contribution < -0.4 is 14.4 Å². The van der Waals surface area contributed by atoms with Gasteiger partial charge in [-0.05, 0) is 36.5 Å². The number of methoxy groups -OCH3 is 2. The number of nitrogens with zero attached hydrogens (tertiary/aromatic N) is 6. The van der Waals surface area contributed by atoms with Crippen LogP contribution in [0.2, 0.25) is 0 Å². The smallest absolute Gasteiger partial charge is 0.288 e. The Morgan fingerprint density at radius 2 is 1.76 bits per heavy atom. The van der Waals surface area contributed by atoms with Crippen molar-refractivity contribution in [1.82, 2.24) is 24.6 Å². The summed E-state index contributed by atoms with van der Waals surface area (Å²) < 4.78 is 18.1. The van der Waals surface area contributed by atoms with Crippen molar-refractivity contribution in [2.75, 3.05) is 45.3 Å². The van der Waals surface area contributed by atoms with E-state index in [0.29, 0.717) is 28.9 Å². The molecule has 10 heteroatoms. The maximum Gasteiger partial charge on any atom is 0.288 e. The average molecular weight is 414 g/mol. The van der Waals surface area contributed by atoms with Crippen molar-refractivity contribution < 1.29 is 13.9 Å². The van der Waals surface area contributed by atoms with Crippen LogP contribution in [-0.2, 0) is 6.67 Å². The third kappa shape index (κ3) is 4.22. The molecule has 0 bridgehead atoms.